The summed E-state index contributed by atoms with van der Waals surface area (Å²) < 4.78 is 0. The van der Waals surface area contributed by atoms with Gasteiger partial charge in [0.15, 0.2) is 0 Å². The molecule has 32 heavy (non-hydrogen) atoms. The normalized spacial score (nSPS) is 10.9. The van der Waals surface area contributed by atoms with Crippen molar-refractivity contribution in [3.8, 4) is 11.1 Å². The fourth-order valence-corrected chi connectivity index (χ4v) is 3.30. The van der Waals surface area contributed by atoms with Crippen molar-refractivity contribution in [1.82, 2.24) is 9.97 Å². The van der Waals surface area contributed by atoms with Crippen molar-refractivity contribution >= 4 is 39.8 Å². The molecule has 0 aliphatic carbocycles. The Morgan fingerprint density at radius 2 is 1.69 bits per heavy atom. The number of carbonyl (C=O) groups excluding carboxylic acids is 2. The molecule has 7 heteroatoms. The summed E-state index contributed by atoms with van der Waals surface area (Å²) >= 11 is 0. The maximum atomic E-state index is 12.3. The van der Waals surface area contributed by atoms with Gasteiger partial charge in [-0.3, -0.25) is 14.6 Å². The molecular weight excluding hydrogens is 402 g/mol. The summed E-state index contributed by atoms with van der Waals surface area (Å²) in [5, 5.41) is 6.97. The van der Waals surface area contributed by atoms with Crippen LogP contribution in [0.5, 0.6) is 0 Å². The van der Waals surface area contributed by atoms with E-state index < -0.39 is 11.8 Å². The first kappa shape index (κ1) is 20.7. The van der Waals surface area contributed by atoms with Crippen LogP contribution in [-0.4, -0.2) is 21.8 Å². The minimum atomic E-state index is -0.465. The van der Waals surface area contributed by atoms with E-state index in [-0.39, 0.29) is 0 Å². The Bertz CT molecular complexity index is 1330. The number of nitrogen functional groups attached to an aromatic ring is 1. The van der Waals surface area contributed by atoms with Crippen LogP contribution in [0.15, 0.2) is 85.3 Å². The maximum absolute atomic E-state index is 12.3. The molecule has 4 aromatic rings. The van der Waals surface area contributed by atoms with Crippen LogP contribution in [0.2, 0.25) is 0 Å². The summed E-state index contributed by atoms with van der Waals surface area (Å²) in [5.74, 6) is -0.510. The van der Waals surface area contributed by atoms with Gasteiger partial charge in [-0.2, -0.15) is 0 Å². The molecule has 0 spiro atoms. The smallest absolute Gasteiger partial charge is 0.249 e. The van der Waals surface area contributed by atoms with Gasteiger partial charge in [-0.05, 0) is 59.8 Å². The van der Waals surface area contributed by atoms with E-state index in [1.54, 1.807) is 36.8 Å². The van der Waals surface area contributed by atoms with Crippen LogP contribution in [0.4, 0.5) is 17.2 Å². The first-order chi connectivity index (χ1) is 15.5. The highest BCUT2D eigenvalue weighted by Crippen LogP contribution is 2.31. The molecule has 0 bridgehead atoms. The number of fused-ring (bicyclic) bond motifs is 1. The number of aryl methyl sites for hydroxylation is 1. The molecule has 0 unspecified atom stereocenters. The van der Waals surface area contributed by atoms with Gasteiger partial charge in [0.25, 0.3) is 0 Å². The number of nitrogens with zero attached hydrogens (tertiary/aromatic N) is 2. The SMILES string of the molecule is Cc1ccncc1-c1cc(N)c2cnc(NC(=O)/C=C/C(=O)Nc3ccccc3)cc2c1. The Hall–Kier alpha value is -4.52. The zero-order valence-corrected chi connectivity index (χ0v) is 17.4. The molecule has 0 aliphatic rings. The molecule has 158 valence electrons. The van der Waals surface area contributed by atoms with Gasteiger partial charge >= 0.3 is 0 Å². The van der Waals surface area contributed by atoms with Crippen molar-refractivity contribution in [2.24, 2.45) is 0 Å². The van der Waals surface area contributed by atoms with Crippen LogP contribution in [0.3, 0.4) is 0 Å². The molecule has 0 fully saturated rings. The van der Waals surface area contributed by atoms with Crippen LogP contribution >= 0.6 is 0 Å². The monoisotopic (exact) mass is 423 g/mol. The first-order valence-corrected chi connectivity index (χ1v) is 9.95. The summed E-state index contributed by atoms with van der Waals surface area (Å²) in [7, 11) is 0. The standard InChI is InChI=1S/C25H21N5O2/c1-16-9-10-27-14-20(16)17-11-18-13-23(28-15-21(18)22(26)12-17)30-25(32)8-7-24(31)29-19-5-3-2-4-6-19/h2-15H,26H2,1H3,(H,29,31)(H,28,30,32)/b8-7+. The third-order valence-corrected chi connectivity index (χ3v) is 4.90. The number of carbonyl (C=O) groups is 2. The van der Waals surface area contributed by atoms with E-state index in [1.165, 1.54) is 6.08 Å². The second-order valence-electron chi connectivity index (χ2n) is 7.22. The minimum Gasteiger partial charge on any atom is -0.398 e. The van der Waals surface area contributed by atoms with Gasteiger partial charge in [0.2, 0.25) is 11.8 Å². The van der Waals surface area contributed by atoms with Crippen molar-refractivity contribution in [3.63, 3.8) is 0 Å². The van der Waals surface area contributed by atoms with Crippen LogP contribution in [-0.2, 0) is 9.59 Å². The Morgan fingerprint density at radius 1 is 0.938 bits per heavy atom. The average Bonchev–Trinajstić information content (AvgIpc) is 2.78. The van der Waals surface area contributed by atoms with Gasteiger partial charge in [-0.25, -0.2) is 4.98 Å². The van der Waals surface area contributed by atoms with E-state index in [9.17, 15) is 9.59 Å². The molecule has 4 N–H and O–H groups in total. The maximum Gasteiger partial charge on any atom is 0.249 e. The Balaban J connectivity index is 1.51. The largest absolute Gasteiger partial charge is 0.398 e. The molecule has 0 saturated heterocycles. The molecule has 2 aromatic carbocycles. The fourth-order valence-electron chi connectivity index (χ4n) is 3.30. The van der Waals surface area contributed by atoms with Crippen molar-refractivity contribution in [2.45, 2.75) is 6.92 Å². The molecule has 0 atom stereocenters. The van der Waals surface area contributed by atoms with Gasteiger partial charge in [-0.1, -0.05) is 18.2 Å². The van der Waals surface area contributed by atoms with E-state index in [2.05, 4.69) is 20.6 Å². The number of nitrogens with one attached hydrogen (secondary N) is 2. The van der Waals surface area contributed by atoms with Crippen LogP contribution in [0.25, 0.3) is 21.9 Å². The first-order valence-electron chi connectivity index (χ1n) is 9.95. The van der Waals surface area contributed by atoms with Gasteiger partial charge in [0.1, 0.15) is 5.82 Å². The molecular formula is C25H21N5O2. The molecule has 0 radical (unpaired) electrons. The minimum absolute atomic E-state index is 0.357. The molecule has 0 saturated carbocycles. The summed E-state index contributed by atoms with van der Waals surface area (Å²) in [6.45, 7) is 2.01. The molecule has 2 aromatic heterocycles. The molecule has 0 aliphatic heterocycles. The predicted octanol–water partition coefficient (Wildman–Crippen LogP) is 4.32. The quantitative estimate of drug-likeness (QED) is 0.327. The van der Waals surface area contributed by atoms with E-state index in [0.29, 0.717) is 17.2 Å². The summed E-state index contributed by atoms with van der Waals surface area (Å²) in [4.78, 5) is 32.7. The Labute approximate surface area is 185 Å². The lowest BCUT2D eigenvalue weighted by atomic mass is 9.99. The average molecular weight is 423 g/mol. The number of rotatable bonds is 5. The topological polar surface area (TPSA) is 110 Å². The molecule has 2 amide bonds. The highest BCUT2D eigenvalue weighted by Gasteiger charge is 2.09. The lowest BCUT2D eigenvalue weighted by molar-refractivity contribution is -0.114. The number of benzene rings is 2. The van der Waals surface area contributed by atoms with Gasteiger partial charge < -0.3 is 16.4 Å². The van der Waals surface area contributed by atoms with E-state index in [4.69, 9.17) is 5.73 Å². The molecule has 2 heterocycles. The summed E-state index contributed by atoms with van der Waals surface area (Å²) in [6, 6.07) is 16.6. The third-order valence-electron chi connectivity index (χ3n) is 4.90. The highest BCUT2D eigenvalue weighted by atomic mass is 16.2. The van der Waals surface area contributed by atoms with Crippen molar-refractivity contribution < 1.29 is 9.59 Å². The van der Waals surface area contributed by atoms with Crippen LogP contribution in [0, 0.1) is 6.92 Å². The predicted molar refractivity (Wildman–Crippen MR) is 127 cm³/mol. The second-order valence-corrected chi connectivity index (χ2v) is 7.22. The number of hydrogen-bond donors (Lipinski definition) is 3. The van der Waals surface area contributed by atoms with E-state index >= 15 is 0 Å². The zero-order valence-electron chi connectivity index (χ0n) is 17.4. The molecule has 4 rings (SSSR count). The van der Waals surface area contributed by atoms with Gasteiger partial charge in [-0.15, -0.1) is 0 Å². The van der Waals surface area contributed by atoms with Gasteiger partial charge in [0, 0.05) is 53.1 Å². The van der Waals surface area contributed by atoms with Crippen LogP contribution < -0.4 is 16.4 Å². The third kappa shape index (κ3) is 4.79. The summed E-state index contributed by atoms with van der Waals surface area (Å²) in [6.07, 6.45) is 7.49. The number of aromatic nitrogens is 2. The number of hydrogen-bond acceptors (Lipinski definition) is 5. The second kappa shape index (κ2) is 9.09. The molecule has 7 nitrogen and oxygen atoms in total. The number of para-hydroxylation sites is 1. The van der Waals surface area contributed by atoms with Crippen molar-refractivity contribution in [3.05, 3.63) is 90.9 Å². The lowest BCUT2D eigenvalue weighted by Crippen LogP contribution is -2.12. The Kier molecular flexibility index (Phi) is 5.89. The number of nitrogens with two attached hydrogens (primary N) is 1. The van der Waals surface area contributed by atoms with Gasteiger partial charge in [0.05, 0.1) is 0 Å². The van der Waals surface area contributed by atoms with Crippen molar-refractivity contribution in [2.75, 3.05) is 16.4 Å². The summed E-state index contributed by atoms with van der Waals surface area (Å²) in [5.41, 5.74) is 10.5. The van der Waals surface area contributed by atoms with E-state index in [0.717, 1.165) is 33.5 Å². The zero-order chi connectivity index (χ0) is 22.5. The number of amides is 2. The number of anilines is 3. The lowest BCUT2D eigenvalue weighted by Gasteiger charge is -2.10. The fraction of sp³-hybridized carbons (Fsp3) is 0.0400. The van der Waals surface area contributed by atoms with Crippen molar-refractivity contribution in [1.29, 1.82) is 0 Å². The van der Waals surface area contributed by atoms with Crippen LogP contribution in [0.1, 0.15) is 5.56 Å². The Morgan fingerprint density at radius 3 is 2.44 bits per heavy atom. The van der Waals surface area contributed by atoms with E-state index in [1.807, 2.05) is 43.3 Å². The highest BCUT2D eigenvalue weighted by molar-refractivity contribution is 6.07. The number of pyridine rings is 2.